The van der Waals surface area contributed by atoms with Gasteiger partial charge in [-0.1, -0.05) is 11.8 Å². The van der Waals surface area contributed by atoms with E-state index in [4.69, 9.17) is 0 Å². The van der Waals surface area contributed by atoms with Crippen molar-refractivity contribution in [2.75, 3.05) is 18.1 Å². The molecule has 0 spiro atoms. The van der Waals surface area contributed by atoms with Gasteiger partial charge in [0.2, 0.25) is 17.0 Å². The number of carboxylic acid groups (broad SMARTS) is 1. The Hall–Kier alpha value is -1.87. The number of likely N-dealkylation sites (tertiary alicyclic amines) is 1. The average molecular weight is 516 g/mol. The molecule has 2 atom stereocenters. The third kappa shape index (κ3) is 4.65. The zero-order valence-corrected chi connectivity index (χ0v) is 19.3. The number of carboxylic acids is 1. The molecule has 15 heteroatoms. The minimum absolute atomic E-state index is 0. The Bertz CT molecular complexity index is 1120. The molecule has 3 amide bonds. The van der Waals surface area contributed by atoms with Gasteiger partial charge in [-0.15, -0.1) is 16.9 Å². The summed E-state index contributed by atoms with van der Waals surface area (Å²) in [6, 6.07) is -0.492. The second-order valence-corrected chi connectivity index (χ2v) is 10.2. The number of hydrogen-bond acceptors (Lipinski definition) is 9. The Morgan fingerprint density at radius 3 is 2.74 bits per heavy atom. The summed E-state index contributed by atoms with van der Waals surface area (Å²) < 4.78 is 1.43. The number of aryl methyl sites for hydroxylation is 1. The van der Waals surface area contributed by atoms with Crippen LogP contribution in [0.4, 0.5) is 0 Å². The molecular weight excluding hydrogens is 493 g/mol. The van der Waals surface area contributed by atoms with Crippen LogP contribution in [0.2, 0.25) is 0 Å². The van der Waals surface area contributed by atoms with E-state index in [1.54, 1.807) is 13.1 Å². The maximum absolute atomic E-state index is 12.8. The summed E-state index contributed by atoms with van der Waals surface area (Å²) in [5, 5.41) is 23.4. The second kappa shape index (κ2) is 10.0. The van der Waals surface area contributed by atoms with Crippen LogP contribution in [0.3, 0.4) is 0 Å². The second-order valence-electron chi connectivity index (χ2n) is 8.16. The number of β-lactam (4-membered cyclic amide) rings is 1. The van der Waals surface area contributed by atoms with Crippen molar-refractivity contribution in [2.24, 2.45) is 7.05 Å². The van der Waals surface area contributed by atoms with E-state index in [1.165, 1.54) is 21.3 Å². The first kappa shape index (κ1) is 25.2. The predicted octanol–water partition coefficient (Wildman–Crippen LogP) is -1.29. The van der Waals surface area contributed by atoms with E-state index in [-0.39, 0.29) is 52.8 Å². The summed E-state index contributed by atoms with van der Waals surface area (Å²) in [4.78, 5) is 52.9. The number of rotatable bonds is 7. The van der Waals surface area contributed by atoms with E-state index < -0.39 is 23.3 Å². The fraction of sp³-hybridized carbons (Fsp3) is 0.526. The number of amides is 3. The van der Waals surface area contributed by atoms with Gasteiger partial charge in [-0.05, 0) is 41.3 Å². The molecule has 176 valence electrons. The van der Waals surface area contributed by atoms with Gasteiger partial charge in [0.15, 0.2) is 0 Å². The van der Waals surface area contributed by atoms with Crippen molar-refractivity contribution in [1.29, 1.82) is 0 Å². The van der Waals surface area contributed by atoms with E-state index >= 15 is 0 Å². The maximum atomic E-state index is 12.8. The Labute approximate surface area is 225 Å². The summed E-state index contributed by atoms with van der Waals surface area (Å²) >= 11 is 2.51. The molecule has 2 N–H and O–H groups in total. The summed E-state index contributed by atoms with van der Waals surface area (Å²) in [6.07, 6.45) is 4.25. The number of thioether (sulfide) groups is 2. The number of hydrogen-bond donors (Lipinski definition) is 2. The molecule has 1 aliphatic carbocycles. The average Bonchev–Trinajstić information content (AvgIpc) is 3.45. The first-order valence-corrected chi connectivity index (χ1v) is 12.5. The molecule has 4 heterocycles. The number of tetrazole rings is 1. The van der Waals surface area contributed by atoms with E-state index in [0.717, 1.165) is 24.6 Å². The zero-order chi connectivity index (χ0) is 23.3. The van der Waals surface area contributed by atoms with Crippen LogP contribution in [0, 0.1) is 0 Å². The molecule has 0 aromatic carbocycles. The Balaban J connectivity index is 0.00000274. The van der Waals surface area contributed by atoms with Gasteiger partial charge in [-0.2, -0.15) is 0 Å². The van der Waals surface area contributed by atoms with E-state index in [1.807, 2.05) is 4.90 Å². The zero-order valence-electron chi connectivity index (χ0n) is 17.6. The number of aromatic nitrogens is 4. The van der Waals surface area contributed by atoms with Gasteiger partial charge in [0.05, 0.1) is 5.75 Å². The minimum atomic E-state index is -1.22. The number of fused-ring (bicyclic) bond motifs is 1. The summed E-state index contributed by atoms with van der Waals surface area (Å²) in [6.45, 7) is 0.653. The van der Waals surface area contributed by atoms with Crippen molar-refractivity contribution in [1.82, 2.24) is 35.3 Å². The number of carbonyl (C=O) groups excluding carboxylic acids is 3. The molecule has 4 aliphatic rings. The van der Waals surface area contributed by atoms with Crippen molar-refractivity contribution in [3.05, 3.63) is 22.9 Å². The molecular formula is C19H22N7NaO5S2. The van der Waals surface area contributed by atoms with Crippen LogP contribution in [0.15, 0.2) is 28.1 Å². The molecule has 5 rings (SSSR count). The molecule has 12 nitrogen and oxygen atoms in total. The van der Waals surface area contributed by atoms with Crippen molar-refractivity contribution in [3.8, 4) is 0 Å². The predicted molar refractivity (Wildman–Crippen MR) is 124 cm³/mol. The summed E-state index contributed by atoms with van der Waals surface area (Å²) in [5.74, 6) is -1.75. The Kier molecular flexibility index (Phi) is 7.43. The Morgan fingerprint density at radius 2 is 2.09 bits per heavy atom. The number of nitrogens with one attached hydrogen (secondary N) is 1. The topological polar surface area (TPSA) is 151 Å². The number of allylic oxidation sites excluding steroid dienone is 1. The third-order valence-corrected chi connectivity index (χ3v) is 8.24. The van der Waals surface area contributed by atoms with Crippen LogP contribution < -0.4 is 5.32 Å². The quantitative estimate of drug-likeness (QED) is 0.194. The molecule has 2 saturated heterocycles. The van der Waals surface area contributed by atoms with Crippen molar-refractivity contribution < 1.29 is 24.3 Å². The molecule has 0 unspecified atom stereocenters. The van der Waals surface area contributed by atoms with Crippen molar-refractivity contribution >= 4 is 76.8 Å². The molecule has 0 bridgehead atoms. The molecule has 0 radical (unpaired) electrons. The van der Waals surface area contributed by atoms with Crippen LogP contribution in [0.25, 0.3) is 0 Å². The summed E-state index contributed by atoms with van der Waals surface area (Å²) in [5.41, 5.74) is 0.926. The molecule has 34 heavy (non-hydrogen) atoms. The van der Waals surface area contributed by atoms with Gasteiger partial charge in [0.1, 0.15) is 17.1 Å². The first-order chi connectivity index (χ1) is 15.8. The SMILES string of the molecule is Cn1nnnc1SCC(=O)N[C@@H]1C(=O)N2C(C(=O)O)=C(/C=C3\CCN(C4CC4)C3=O)CS[C@H]12.[NaH]. The van der Waals surface area contributed by atoms with E-state index in [9.17, 15) is 24.3 Å². The van der Waals surface area contributed by atoms with Crippen LogP contribution in [0.5, 0.6) is 0 Å². The molecule has 3 fully saturated rings. The summed E-state index contributed by atoms with van der Waals surface area (Å²) in [7, 11) is 1.65. The van der Waals surface area contributed by atoms with Gasteiger partial charge in [-0.25, -0.2) is 9.48 Å². The normalized spacial score (nSPS) is 25.3. The van der Waals surface area contributed by atoms with Gasteiger partial charge in [0, 0.05) is 31.0 Å². The Morgan fingerprint density at radius 1 is 1.32 bits per heavy atom. The third-order valence-electron chi connectivity index (χ3n) is 5.92. The van der Waals surface area contributed by atoms with Crippen LogP contribution >= 0.6 is 23.5 Å². The van der Waals surface area contributed by atoms with Gasteiger partial charge in [-0.3, -0.25) is 19.3 Å². The molecule has 1 aromatic rings. The monoisotopic (exact) mass is 515 g/mol. The standard InChI is InChI=1S/C19H21N7O5S2.Na.H/c1-24-19(21-22-23-24)33-8-12(27)20-13-16(29)26-14(18(30)31)10(7-32-17(13)26)6-9-4-5-25(15(9)28)11-2-3-11;;/h6,11,13,17H,2-5,7-8H2,1H3,(H,20,27)(H,30,31);;/b9-6+;;/t13-,17-;;/m1../s1. The number of carbonyl (C=O) groups is 4. The number of nitrogens with zero attached hydrogens (tertiary/aromatic N) is 6. The fourth-order valence-corrected chi connectivity index (χ4v) is 6.12. The van der Waals surface area contributed by atoms with E-state index in [2.05, 4.69) is 20.8 Å². The van der Waals surface area contributed by atoms with Gasteiger partial charge < -0.3 is 15.3 Å². The van der Waals surface area contributed by atoms with Crippen LogP contribution in [-0.2, 0) is 26.2 Å². The molecule has 3 aliphatic heterocycles. The fourth-order valence-electron chi connectivity index (χ4n) is 4.16. The first-order valence-electron chi connectivity index (χ1n) is 10.4. The van der Waals surface area contributed by atoms with Gasteiger partial charge in [0.25, 0.3) is 5.91 Å². The van der Waals surface area contributed by atoms with Crippen LogP contribution in [0.1, 0.15) is 19.3 Å². The molecule has 1 aromatic heterocycles. The molecule has 1 saturated carbocycles. The van der Waals surface area contributed by atoms with Gasteiger partial charge >= 0.3 is 35.5 Å². The van der Waals surface area contributed by atoms with Crippen molar-refractivity contribution in [2.45, 2.75) is 41.9 Å². The van der Waals surface area contributed by atoms with E-state index in [0.29, 0.717) is 41.1 Å². The van der Waals surface area contributed by atoms with Crippen molar-refractivity contribution in [3.63, 3.8) is 0 Å². The van der Waals surface area contributed by atoms with Crippen LogP contribution in [-0.4, -0.2) is 124 Å². The number of aliphatic carboxylic acids is 1.